The lowest BCUT2D eigenvalue weighted by Crippen LogP contribution is -2.14. The number of hydrogen-bond acceptors (Lipinski definition) is 6. The highest BCUT2D eigenvalue weighted by molar-refractivity contribution is 6.30. The molecule has 0 saturated carbocycles. The quantitative estimate of drug-likeness (QED) is 0.549. The maximum atomic E-state index is 12.1. The minimum Gasteiger partial charge on any atom is -0.497 e. The number of halogens is 1. The van der Waals surface area contributed by atoms with Crippen LogP contribution in [0.1, 0.15) is 16.7 Å². The van der Waals surface area contributed by atoms with E-state index < -0.39 is 5.97 Å². The third kappa shape index (κ3) is 4.72. The van der Waals surface area contributed by atoms with Crippen LogP contribution in [0.4, 0.5) is 0 Å². The van der Waals surface area contributed by atoms with Gasteiger partial charge in [-0.15, -0.1) is 0 Å². The van der Waals surface area contributed by atoms with Crippen LogP contribution in [0, 0.1) is 0 Å². The molecule has 0 saturated heterocycles. The maximum absolute atomic E-state index is 12.1. The molecule has 0 fully saturated rings. The van der Waals surface area contributed by atoms with E-state index in [1.54, 1.807) is 50.6 Å². The average molecular weight is 391 g/mol. The summed E-state index contributed by atoms with van der Waals surface area (Å²) in [6.07, 6.45) is 2.96. The van der Waals surface area contributed by atoms with E-state index in [2.05, 4.69) is 0 Å². The number of hydrogen-bond donors (Lipinski definition) is 0. The van der Waals surface area contributed by atoms with E-state index in [1.165, 1.54) is 6.08 Å². The van der Waals surface area contributed by atoms with Crippen molar-refractivity contribution in [2.45, 2.75) is 13.2 Å². The van der Waals surface area contributed by atoms with Gasteiger partial charge in [0.2, 0.25) is 0 Å². The van der Waals surface area contributed by atoms with Crippen LogP contribution >= 0.6 is 11.6 Å². The number of benzene rings is 2. The first kappa shape index (κ1) is 19.1. The molecule has 1 aliphatic rings. The van der Waals surface area contributed by atoms with Crippen LogP contribution in [0.15, 0.2) is 36.4 Å². The van der Waals surface area contributed by atoms with E-state index in [-0.39, 0.29) is 13.4 Å². The molecule has 0 unspecified atom stereocenters. The van der Waals surface area contributed by atoms with Gasteiger partial charge in [-0.05, 0) is 30.3 Å². The van der Waals surface area contributed by atoms with Crippen LogP contribution in [-0.4, -0.2) is 27.0 Å². The van der Waals surface area contributed by atoms with Crippen molar-refractivity contribution in [2.75, 3.05) is 21.0 Å². The van der Waals surface area contributed by atoms with Gasteiger partial charge in [-0.25, -0.2) is 4.79 Å². The van der Waals surface area contributed by atoms with E-state index >= 15 is 0 Å². The monoisotopic (exact) mass is 390 g/mol. The van der Waals surface area contributed by atoms with Crippen LogP contribution in [0.5, 0.6) is 17.2 Å². The Kier molecular flexibility index (Phi) is 6.21. The standard InChI is InChI=1S/C20H19ClO6/c1-23-17-5-3-13(18(9-17)24-2)4-6-19(22)26-11-15-8-16(21)7-14-10-25-12-27-20(14)15/h3-9H,10-12H2,1-2H3/b6-4+. The summed E-state index contributed by atoms with van der Waals surface area (Å²) in [5.41, 5.74) is 2.26. The van der Waals surface area contributed by atoms with Crippen LogP contribution in [-0.2, 0) is 27.5 Å². The molecular weight excluding hydrogens is 372 g/mol. The smallest absolute Gasteiger partial charge is 0.331 e. The molecule has 0 radical (unpaired) electrons. The minimum atomic E-state index is -0.492. The molecule has 27 heavy (non-hydrogen) atoms. The second-order valence-corrected chi connectivity index (χ2v) is 6.15. The Morgan fingerprint density at radius 1 is 1.22 bits per heavy atom. The largest absolute Gasteiger partial charge is 0.497 e. The molecule has 2 aromatic carbocycles. The maximum Gasteiger partial charge on any atom is 0.331 e. The zero-order valence-electron chi connectivity index (χ0n) is 15.0. The van der Waals surface area contributed by atoms with Crippen LogP contribution in [0.3, 0.4) is 0 Å². The summed E-state index contributed by atoms with van der Waals surface area (Å²) in [7, 11) is 3.13. The van der Waals surface area contributed by atoms with E-state index in [4.69, 9.17) is 35.3 Å². The molecule has 0 amide bonds. The normalized spacial score (nSPS) is 13.0. The van der Waals surface area contributed by atoms with Crippen molar-refractivity contribution in [2.24, 2.45) is 0 Å². The van der Waals surface area contributed by atoms with Crippen molar-refractivity contribution in [3.8, 4) is 17.2 Å². The molecule has 0 bridgehead atoms. The molecule has 0 N–H and O–H groups in total. The molecule has 0 atom stereocenters. The lowest BCUT2D eigenvalue weighted by molar-refractivity contribution is -0.139. The average Bonchev–Trinajstić information content (AvgIpc) is 2.70. The van der Waals surface area contributed by atoms with E-state index in [0.717, 1.165) is 11.1 Å². The van der Waals surface area contributed by atoms with Gasteiger partial charge in [0.15, 0.2) is 6.79 Å². The molecular formula is C20H19ClO6. The summed E-state index contributed by atoms with van der Waals surface area (Å²) in [6.45, 7) is 0.618. The van der Waals surface area contributed by atoms with Crippen molar-refractivity contribution < 1.29 is 28.5 Å². The first-order valence-corrected chi connectivity index (χ1v) is 8.57. The van der Waals surface area contributed by atoms with Crippen molar-refractivity contribution in [3.63, 3.8) is 0 Å². The van der Waals surface area contributed by atoms with Crippen molar-refractivity contribution in [1.82, 2.24) is 0 Å². The Morgan fingerprint density at radius 2 is 2.07 bits per heavy atom. The SMILES string of the molecule is COc1ccc(/C=C/C(=O)OCc2cc(Cl)cc3c2OCOC3)c(OC)c1. The number of rotatable bonds is 6. The first-order valence-electron chi connectivity index (χ1n) is 8.19. The molecule has 7 heteroatoms. The number of carbonyl (C=O) groups is 1. The number of fused-ring (bicyclic) bond motifs is 1. The van der Waals surface area contributed by atoms with Crippen LogP contribution < -0.4 is 14.2 Å². The third-order valence-corrected chi connectivity index (χ3v) is 4.18. The van der Waals surface area contributed by atoms with Gasteiger partial charge in [-0.1, -0.05) is 11.6 Å². The second kappa shape index (κ2) is 8.79. The van der Waals surface area contributed by atoms with Gasteiger partial charge < -0.3 is 23.7 Å². The Morgan fingerprint density at radius 3 is 2.85 bits per heavy atom. The topological polar surface area (TPSA) is 63.2 Å². The Labute approximate surface area is 162 Å². The van der Waals surface area contributed by atoms with Crippen molar-refractivity contribution in [1.29, 1.82) is 0 Å². The summed E-state index contributed by atoms with van der Waals surface area (Å²) in [4.78, 5) is 12.1. The predicted molar refractivity (Wildman–Crippen MR) is 100 cm³/mol. The lowest BCUT2D eigenvalue weighted by atomic mass is 10.1. The van der Waals surface area contributed by atoms with Gasteiger partial charge in [-0.3, -0.25) is 0 Å². The highest BCUT2D eigenvalue weighted by atomic mass is 35.5. The van der Waals surface area contributed by atoms with Gasteiger partial charge in [0.25, 0.3) is 0 Å². The zero-order chi connectivity index (χ0) is 19.2. The molecule has 1 heterocycles. The zero-order valence-corrected chi connectivity index (χ0v) is 15.7. The predicted octanol–water partition coefficient (Wildman–Crippen LogP) is 3.98. The minimum absolute atomic E-state index is 0.0474. The van der Waals surface area contributed by atoms with Gasteiger partial charge in [0.1, 0.15) is 23.9 Å². The lowest BCUT2D eigenvalue weighted by Gasteiger charge is -2.20. The summed E-state index contributed by atoms with van der Waals surface area (Å²) in [6, 6.07) is 8.81. The Bertz CT molecular complexity index is 862. The Hall–Kier alpha value is -2.70. The van der Waals surface area contributed by atoms with Gasteiger partial charge in [0, 0.05) is 33.9 Å². The highest BCUT2D eigenvalue weighted by Crippen LogP contribution is 2.32. The van der Waals surface area contributed by atoms with Crippen LogP contribution in [0.2, 0.25) is 5.02 Å². The number of carbonyl (C=O) groups excluding carboxylic acids is 1. The summed E-state index contributed by atoms with van der Waals surface area (Å²) >= 11 is 6.11. The summed E-state index contributed by atoms with van der Waals surface area (Å²) in [5, 5.41) is 0.535. The molecule has 0 aromatic heterocycles. The molecule has 1 aliphatic heterocycles. The number of ether oxygens (including phenoxy) is 5. The third-order valence-electron chi connectivity index (χ3n) is 3.96. The fourth-order valence-electron chi connectivity index (χ4n) is 2.67. The molecule has 0 aliphatic carbocycles. The van der Waals surface area contributed by atoms with Crippen molar-refractivity contribution >= 4 is 23.6 Å². The second-order valence-electron chi connectivity index (χ2n) is 5.71. The highest BCUT2D eigenvalue weighted by Gasteiger charge is 2.17. The van der Waals surface area contributed by atoms with Crippen molar-refractivity contribution in [3.05, 3.63) is 58.1 Å². The van der Waals surface area contributed by atoms with Gasteiger partial charge in [0.05, 0.1) is 20.8 Å². The Balaban J connectivity index is 1.67. The van der Waals surface area contributed by atoms with Crippen LogP contribution in [0.25, 0.3) is 6.08 Å². The molecule has 3 rings (SSSR count). The fourth-order valence-corrected chi connectivity index (χ4v) is 2.94. The van der Waals surface area contributed by atoms with E-state index in [1.807, 2.05) is 0 Å². The fraction of sp³-hybridized carbons (Fsp3) is 0.250. The molecule has 0 spiro atoms. The van der Waals surface area contributed by atoms with Gasteiger partial charge >= 0.3 is 5.97 Å². The molecule has 2 aromatic rings. The molecule has 142 valence electrons. The van der Waals surface area contributed by atoms with Gasteiger partial charge in [-0.2, -0.15) is 0 Å². The molecule has 6 nitrogen and oxygen atoms in total. The summed E-state index contributed by atoms with van der Waals surface area (Å²) in [5.74, 6) is 1.42. The van der Waals surface area contributed by atoms with E-state index in [9.17, 15) is 4.79 Å². The van der Waals surface area contributed by atoms with E-state index in [0.29, 0.717) is 34.4 Å². The first-order chi connectivity index (χ1) is 13.1. The number of esters is 1. The number of methoxy groups -OCH3 is 2. The summed E-state index contributed by atoms with van der Waals surface area (Å²) < 4.78 is 26.5.